The molecule has 0 spiro atoms. The maximum absolute atomic E-state index is 12.2. The van der Waals surface area contributed by atoms with Crippen molar-refractivity contribution < 1.29 is 14.6 Å². The molecule has 6 heteroatoms. The Bertz CT molecular complexity index is 826. The van der Waals surface area contributed by atoms with Gasteiger partial charge in [-0.2, -0.15) is 0 Å². The number of aromatic amines is 1. The summed E-state index contributed by atoms with van der Waals surface area (Å²) in [5.41, 5.74) is 1.19. The van der Waals surface area contributed by atoms with Gasteiger partial charge in [0.2, 0.25) is 0 Å². The van der Waals surface area contributed by atoms with E-state index in [4.69, 9.17) is 4.74 Å². The molecule has 0 saturated heterocycles. The first-order valence-electron chi connectivity index (χ1n) is 6.88. The number of aromatic nitrogens is 2. The van der Waals surface area contributed by atoms with Crippen LogP contribution in [0.1, 0.15) is 17.4 Å². The number of hydrogen-bond acceptors (Lipinski definition) is 4. The molecule has 6 nitrogen and oxygen atoms in total. The number of benzene rings is 1. The normalized spacial score (nSPS) is 10.6. The summed E-state index contributed by atoms with van der Waals surface area (Å²) in [6.07, 6.45) is 1.49. The fourth-order valence-electron chi connectivity index (χ4n) is 2.15. The number of carbonyl (C=O) groups is 1. The summed E-state index contributed by atoms with van der Waals surface area (Å²) in [5, 5.41) is 13.1. The first kappa shape index (κ1) is 13.9. The van der Waals surface area contributed by atoms with Crippen molar-refractivity contribution in [2.24, 2.45) is 0 Å². The third-order valence-electron chi connectivity index (χ3n) is 3.17. The monoisotopic (exact) mass is 297 g/mol. The summed E-state index contributed by atoms with van der Waals surface area (Å²) in [7, 11) is 0. The van der Waals surface area contributed by atoms with E-state index < -0.39 is 0 Å². The number of ether oxygens (including phenoxy) is 1. The maximum atomic E-state index is 12.2. The van der Waals surface area contributed by atoms with Crippen LogP contribution in [-0.4, -0.2) is 27.6 Å². The van der Waals surface area contributed by atoms with Crippen molar-refractivity contribution in [2.45, 2.75) is 6.92 Å². The summed E-state index contributed by atoms with van der Waals surface area (Å²) >= 11 is 0. The van der Waals surface area contributed by atoms with Gasteiger partial charge in [0, 0.05) is 23.2 Å². The minimum Gasteiger partial charge on any atom is -0.504 e. The van der Waals surface area contributed by atoms with Crippen LogP contribution >= 0.6 is 0 Å². The zero-order valence-corrected chi connectivity index (χ0v) is 12.0. The molecule has 0 saturated carbocycles. The number of H-pyrrole nitrogens is 1. The van der Waals surface area contributed by atoms with Crippen LogP contribution in [0.5, 0.6) is 11.5 Å². The van der Waals surface area contributed by atoms with Crippen molar-refractivity contribution >= 4 is 22.6 Å². The Morgan fingerprint density at radius 2 is 2.23 bits per heavy atom. The average Bonchev–Trinajstić information content (AvgIpc) is 2.93. The first-order chi connectivity index (χ1) is 10.7. The molecule has 112 valence electrons. The lowest BCUT2D eigenvalue weighted by atomic mass is 10.2. The SMILES string of the molecule is CCOc1ccc2cc(C(=O)Nc3ncccc3O)[nH]c2c1. The predicted octanol–water partition coefficient (Wildman–Crippen LogP) is 2.92. The Morgan fingerprint density at radius 1 is 1.36 bits per heavy atom. The van der Waals surface area contributed by atoms with Crippen LogP contribution in [0.25, 0.3) is 10.9 Å². The molecule has 0 radical (unpaired) electrons. The van der Waals surface area contributed by atoms with E-state index in [0.717, 1.165) is 16.7 Å². The van der Waals surface area contributed by atoms with E-state index in [2.05, 4.69) is 15.3 Å². The van der Waals surface area contributed by atoms with Gasteiger partial charge in [-0.15, -0.1) is 0 Å². The molecule has 1 amide bonds. The molecular formula is C16H15N3O3. The lowest BCUT2D eigenvalue weighted by Gasteiger charge is -2.04. The predicted molar refractivity (Wildman–Crippen MR) is 83.3 cm³/mol. The number of pyridine rings is 1. The number of anilines is 1. The zero-order chi connectivity index (χ0) is 15.5. The van der Waals surface area contributed by atoms with Gasteiger partial charge in [-0.3, -0.25) is 4.79 Å². The van der Waals surface area contributed by atoms with Crippen molar-refractivity contribution in [1.82, 2.24) is 9.97 Å². The molecule has 3 rings (SSSR count). The Hall–Kier alpha value is -3.02. The Balaban J connectivity index is 1.86. The molecule has 0 bridgehead atoms. The van der Waals surface area contributed by atoms with Gasteiger partial charge in [0.25, 0.3) is 5.91 Å². The summed E-state index contributed by atoms with van der Waals surface area (Å²) < 4.78 is 5.43. The molecule has 22 heavy (non-hydrogen) atoms. The third-order valence-corrected chi connectivity index (χ3v) is 3.17. The summed E-state index contributed by atoms with van der Waals surface area (Å²) in [6, 6.07) is 10.4. The first-order valence-corrected chi connectivity index (χ1v) is 6.88. The molecule has 2 heterocycles. The van der Waals surface area contributed by atoms with Crippen LogP contribution < -0.4 is 10.1 Å². The molecule has 0 aliphatic carbocycles. The van der Waals surface area contributed by atoms with Gasteiger partial charge in [-0.1, -0.05) is 0 Å². The molecular weight excluding hydrogens is 282 g/mol. The van der Waals surface area contributed by atoms with E-state index in [9.17, 15) is 9.90 Å². The van der Waals surface area contributed by atoms with Gasteiger partial charge in [-0.05, 0) is 37.3 Å². The van der Waals surface area contributed by atoms with E-state index >= 15 is 0 Å². The van der Waals surface area contributed by atoms with Crippen molar-refractivity contribution in [2.75, 3.05) is 11.9 Å². The van der Waals surface area contributed by atoms with Crippen LogP contribution in [0.4, 0.5) is 5.82 Å². The molecule has 2 aromatic heterocycles. The number of amides is 1. The van der Waals surface area contributed by atoms with E-state index in [1.54, 1.807) is 12.1 Å². The van der Waals surface area contributed by atoms with Gasteiger partial charge < -0.3 is 20.1 Å². The Labute approximate surface area is 126 Å². The van der Waals surface area contributed by atoms with Crippen molar-refractivity contribution in [1.29, 1.82) is 0 Å². The van der Waals surface area contributed by atoms with Gasteiger partial charge in [0.05, 0.1) is 6.61 Å². The minimum absolute atomic E-state index is 0.0782. The van der Waals surface area contributed by atoms with E-state index in [1.807, 2.05) is 25.1 Å². The van der Waals surface area contributed by atoms with E-state index in [0.29, 0.717) is 12.3 Å². The van der Waals surface area contributed by atoms with Crippen LogP contribution in [0, 0.1) is 0 Å². The minimum atomic E-state index is -0.372. The number of rotatable bonds is 4. The van der Waals surface area contributed by atoms with Crippen LogP contribution in [0.3, 0.4) is 0 Å². The maximum Gasteiger partial charge on any atom is 0.273 e. The highest BCUT2D eigenvalue weighted by atomic mass is 16.5. The number of fused-ring (bicyclic) bond motifs is 1. The summed E-state index contributed by atoms with van der Waals surface area (Å²) in [5.74, 6) is 0.418. The molecule has 3 aromatic rings. The second-order valence-electron chi connectivity index (χ2n) is 4.69. The largest absolute Gasteiger partial charge is 0.504 e. The van der Waals surface area contributed by atoms with Crippen molar-refractivity contribution in [3.8, 4) is 11.5 Å². The molecule has 0 aliphatic heterocycles. The van der Waals surface area contributed by atoms with Crippen molar-refractivity contribution in [3.63, 3.8) is 0 Å². The second-order valence-corrected chi connectivity index (χ2v) is 4.69. The summed E-state index contributed by atoms with van der Waals surface area (Å²) in [6.45, 7) is 2.50. The van der Waals surface area contributed by atoms with E-state index in [1.165, 1.54) is 12.3 Å². The second kappa shape index (κ2) is 5.77. The standard InChI is InChI=1S/C16H15N3O3/c1-2-22-11-6-5-10-8-13(18-12(10)9-11)16(21)19-15-14(20)4-3-7-17-15/h3-9,18,20H,2H2,1H3,(H,17,19,21). The lowest BCUT2D eigenvalue weighted by molar-refractivity contribution is 0.102. The van der Waals surface area contributed by atoms with Gasteiger partial charge in [0.1, 0.15) is 11.4 Å². The fraction of sp³-hybridized carbons (Fsp3) is 0.125. The number of hydrogen-bond donors (Lipinski definition) is 3. The average molecular weight is 297 g/mol. The molecule has 0 atom stereocenters. The highest BCUT2D eigenvalue weighted by molar-refractivity contribution is 6.06. The highest BCUT2D eigenvalue weighted by Gasteiger charge is 2.12. The lowest BCUT2D eigenvalue weighted by Crippen LogP contribution is -2.13. The van der Waals surface area contributed by atoms with E-state index in [-0.39, 0.29) is 17.5 Å². The quantitative estimate of drug-likeness (QED) is 0.691. The summed E-state index contributed by atoms with van der Waals surface area (Å²) in [4.78, 5) is 19.2. The number of nitrogens with zero attached hydrogens (tertiary/aromatic N) is 1. The zero-order valence-electron chi connectivity index (χ0n) is 12.0. The number of nitrogens with one attached hydrogen (secondary N) is 2. The third kappa shape index (κ3) is 2.71. The van der Waals surface area contributed by atoms with Gasteiger partial charge in [-0.25, -0.2) is 4.98 Å². The molecule has 0 unspecified atom stereocenters. The topological polar surface area (TPSA) is 87.2 Å². The van der Waals surface area contributed by atoms with Gasteiger partial charge >= 0.3 is 0 Å². The fourth-order valence-corrected chi connectivity index (χ4v) is 2.15. The molecule has 0 fully saturated rings. The van der Waals surface area contributed by atoms with Crippen LogP contribution in [-0.2, 0) is 0 Å². The Kier molecular flexibility index (Phi) is 3.65. The smallest absolute Gasteiger partial charge is 0.273 e. The highest BCUT2D eigenvalue weighted by Crippen LogP contribution is 2.23. The van der Waals surface area contributed by atoms with Crippen LogP contribution in [0.2, 0.25) is 0 Å². The van der Waals surface area contributed by atoms with Gasteiger partial charge in [0.15, 0.2) is 11.6 Å². The number of carbonyl (C=O) groups excluding carboxylic acids is 1. The number of aromatic hydroxyl groups is 1. The molecule has 3 N–H and O–H groups in total. The molecule has 0 aliphatic rings. The van der Waals surface area contributed by atoms with Crippen LogP contribution in [0.15, 0.2) is 42.6 Å². The van der Waals surface area contributed by atoms with Crippen molar-refractivity contribution in [3.05, 3.63) is 48.3 Å². The Morgan fingerprint density at radius 3 is 3.00 bits per heavy atom. The molecule has 1 aromatic carbocycles.